The van der Waals surface area contributed by atoms with E-state index in [-0.39, 0.29) is 18.1 Å². The molecular weight excluding hydrogens is 452 g/mol. The van der Waals surface area contributed by atoms with Gasteiger partial charge in [-0.25, -0.2) is 22.2 Å². The summed E-state index contributed by atoms with van der Waals surface area (Å²) in [7, 11) is -1.46. The molecule has 0 aromatic carbocycles. The number of nitrogens with zero attached hydrogens (tertiary/aromatic N) is 4. The van der Waals surface area contributed by atoms with Crippen LogP contribution < -0.4 is 4.72 Å². The van der Waals surface area contributed by atoms with Crippen molar-refractivity contribution < 1.29 is 22.0 Å². The van der Waals surface area contributed by atoms with Crippen LogP contribution in [0.25, 0.3) is 16.7 Å². The first kappa shape index (κ1) is 23.2. The third-order valence-corrected chi connectivity index (χ3v) is 7.50. The smallest absolute Gasteiger partial charge is 0.250 e. The number of aromatic nitrogens is 3. The molecule has 0 spiro atoms. The first-order valence-corrected chi connectivity index (χ1v) is 12.2. The van der Waals surface area contributed by atoms with Crippen molar-refractivity contribution in [3.05, 3.63) is 48.5 Å². The van der Waals surface area contributed by atoms with Crippen LogP contribution in [-0.2, 0) is 10.0 Å². The van der Waals surface area contributed by atoms with Gasteiger partial charge in [-0.2, -0.15) is 0 Å². The second-order valence-corrected chi connectivity index (χ2v) is 10.4. The predicted octanol–water partition coefficient (Wildman–Crippen LogP) is 3.48. The number of anilines is 1. The van der Waals surface area contributed by atoms with Gasteiger partial charge in [-0.05, 0) is 38.1 Å². The van der Waals surface area contributed by atoms with E-state index in [2.05, 4.69) is 14.7 Å². The molecule has 0 amide bonds. The molecule has 2 aliphatic rings. The summed E-state index contributed by atoms with van der Waals surface area (Å²) >= 11 is 0. The van der Waals surface area contributed by atoms with Crippen molar-refractivity contribution >= 4 is 33.0 Å². The molecule has 176 valence electrons. The summed E-state index contributed by atoms with van der Waals surface area (Å²) < 4.78 is 53.2. The molecule has 1 saturated carbocycles. The van der Waals surface area contributed by atoms with Crippen LogP contribution in [0, 0.1) is 0 Å². The van der Waals surface area contributed by atoms with E-state index in [0.717, 1.165) is 11.7 Å². The minimum atomic E-state index is -3.33. The van der Waals surface area contributed by atoms with E-state index >= 15 is 0 Å². The summed E-state index contributed by atoms with van der Waals surface area (Å²) in [5.74, 6) is -2.38. The minimum absolute atomic E-state index is 0.0312. The van der Waals surface area contributed by atoms with Gasteiger partial charge in [-0.3, -0.25) is 19.1 Å². The van der Waals surface area contributed by atoms with Gasteiger partial charge >= 0.3 is 0 Å². The Morgan fingerprint density at radius 1 is 1.15 bits per heavy atom. The number of piperidine rings is 1. The lowest BCUT2D eigenvalue weighted by atomic mass is 10.1. The molecule has 1 aliphatic heterocycles. The number of fused-ring (bicyclic) bond motifs is 1. The molecule has 1 saturated heterocycles. The highest BCUT2D eigenvalue weighted by molar-refractivity contribution is 7.93. The molecule has 4 heterocycles. The Bertz CT molecular complexity index is 1250. The summed E-state index contributed by atoms with van der Waals surface area (Å²) in [5.41, 5.74) is 2.28. The summed E-state index contributed by atoms with van der Waals surface area (Å²) in [6.07, 6.45) is 8.63. The molecule has 3 aromatic heterocycles. The van der Waals surface area contributed by atoms with Crippen LogP contribution in [0.5, 0.6) is 0 Å². The quantitative estimate of drug-likeness (QED) is 0.565. The summed E-state index contributed by atoms with van der Waals surface area (Å²) in [6.45, 7) is 1.07. The van der Waals surface area contributed by atoms with E-state index in [1.165, 1.54) is 12.4 Å². The van der Waals surface area contributed by atoms with Crippen LogP contribution in [0.1, 0.15) is 36.0 Å². The van der Waals surface area contributed by atoms with E-state index in [1.807, 2.05) is 24.2 Å². The van der Waals surface area contributed by atoms with E-state index in [4.69, 9.17) is 0 Å². The van der Waals surface area contributed by atoms with Gasteiger partial charge in [0.05, 0.1) is 29.0 Å². The van der Waals surface area contributed by atoms with Gasteiger partial charge in [0.25, 0.3) is 5.92 Å². The minimum Gasteiger partial charge on any atom is -0.306 e. The van der Waals surface area contributed by atoms with Gasteiger partial charge in [-0.1, -0.05) is 0 Å². The molecule has 0 bridgehead atoms. The van der Waals surface area contributed by atoms with Crippen LogP contribution in [-0.4, -0.2) is 65.4 Å². The first-order chi connectivity index (χ1) is 15.7. The molecule has 11 heteroatoms. The van der Waals surface area contributed by atoms with E-state index < -0.39 is 15.9 Å². The number of hydrogen-bond donors (Lipinski definition) is 1. The molecule has 33 heavy (non-hydrogen) atoms. The van der Waals surface area contributed by atoms with Gasteiger partial charge in [0.2, 0.25) is 10.0 Å². The van der Waals surface area contributed by atoms with E-state index in [9.17, 15) is 22.0 Å². The summed E-state index contributed by atoms with van der Waals surface area (Å²) in [4.78, 5) is 21.2. The highest BCUT2D eigenvalue weighted by atomic mass is 32.2. The van der Waals surface area contributed by atoms with Crippen LogP contribution in [0.3, 0.4) is 0 Å². The third kappa shape index (κ3) is 5.72. The van der Waals surface area contributed by atoms with E-state index in [0.29, 0.717) is 48.5 Å². The molecule has 5 rings (SSSR count). The van der Waals surface area contributed by atoms with Gasteiger partial charge in [0.1, 0.15) is 5.65 Å². The van der Waals surface area contributed by atoms with Gasteiger partial charge in [-0.15, -0.1) is 0 Å². The SMILES string of the molecule is CN1CCC(F)(F)CC1.O=Cc1cnc2c(ccn2-c2cncc(NS(=O)(=O)C3CC3)c2)c1. The number of carbonyl (C=O) groups is 1. The second-order valence-electron chi connectivity index (χ2n) is 8.42. The molecule has 3 aromatic rings. The van der Waals surface area contributed by atoms with Gasteiger partial charge in [0, 0.05) is 49.3 Å². The molecule has 0 atom stereocenters. The van der Waals surface area contributed by atoms with Crippen LogP contribution in [0.15, 0.2) is 43.0 Å². The number of nitrogens with one attached hydrogen (secondary N) is 1. The van der Waals surface area contributed by atoms with Crippen molar-refractivity contribution in [3.63, 3.8) is 0 Å². The fraction of sp³-hybridized carbons (Fsp3) is 0.409. The highest BCUT2D eigenvalue weighted by Gasteiger charge is 2.35. The maximum Gasteiger partial charge on any atom is 0.250 e. The number of likely N-dealkylation sites (tertiary alicyclic amines) is 1. The maximum absolute atomic E-state index is 12.4. The fourth-order valence-electron chi connectivity index (χ4n) is 3.50. The normalized spacial score (nSPS) is 18.4. The Labute approximate surface area is 190 Å². The number of alkyl halides is 2. The highest BCUT2D eigenvalue weighted by Crippen LogP contribution is 2.30. The monoisotopic (exact) mass is 477 g/mol. The number of pyridine rings is 2. The number of rotatable bonds is 5. The maximum atomic E-state index is 12.4. The molecule has 8 nitrogen and oxygen atoms in total. The van der Waals surface area contributed by atoms with Crippen LogP contribution in [0.2, 0.25) is 0 Å². The molecule has 0 unspecified atom stereocenters. The fourth-order valence-corrected chi connectivity index (χ4v) is 4.86. The van der Waals surface area contributed by atoms with Gasteiger partial charge < -0.3 is 4.90 Å². The Hall–Kier alpha value is -2.92. The van der Waals surface area contributed by atoms with E-state index in [1.54, 1.807) is 22.9 Å². The molecule has 2 fully saturated rings. The van der Waals surface area contributed by atoms with Crippen molar-refractivity contribution in [1.82, 2.24) is 19.4 Å². The lowest BCUT2D eigenvalue weighted by molar-refractivity contribution is -0.0504. The first-order valence-electron chi connectivity index (χ1n) is 10.6. The number of halogens is 2. The Balaban J connectivity index is 0.000000243. The number of aldehydes is 1. The lowest BCUT2D eigenvalue weighted by Crippen LogP contribution is -2.36. The number of carbonyl (C=O) groups excluding carboxylic acids is 1. The zero-order valence-electron chi connectivity index (χ0n) is 18.1. The summed E-state index contributed by atoms with van der Waals surface area (Å²) in [5, 5.41) is 0.528. The van der Waals surface area contributed by atoms with Crippen molar-refractivity contribution in [2.24, 2.45) is 0 Å². The second kappa shape index (κ2) is 9.14. The Morgan fingerprint density at radius 3 is 2.52 bits per heavy atom. The van der Waals surface area contributed by atoms with Crippen molar-refractivity contribution in [1.29, 1.82) is 0 Å². The number of hydrogen-bond acceptors (Lipinski definition) is 6. The topological polar surface area (TPSA) is 97.2 Å². The number of sulfonamides is 1. The average molecular weight is 478 g/mol. The lowest BCUT2D eigenvalue weighted by Gasteiger charge is -2.28. The molecular formula is C22H25F2N5O3S. The Kier molecular flexibility index (Phi) is 6.44. The molecule has 1 N–H and O–H groups in total. The van der Waals surface area contributed by atoms with Crippen molar-refractivity contribution in [2.75, 3.05) is 24.9 Å². The van der Waals surface area contributed by atoms with Crippen LogP contribution in [0.4, 0.5) is 14.5 Å². The van der Waals surface area contributed by atoms with Gasteiger partial charge in [0.15, 0.2) is 6.29 Å². The third-order valence-electron chi connectivity index (χ3n) is 5.63. The molecule has 1 aliphatic carbocycles. The zero-order chi connectivity index (χ0) is 23.6. The molecule has 0 radical (unpaired) electrons. The Morgan fingerprint density at radius 2 is 1.88 bits per heavy atom. The van der Waals surface area contributed by atoms with Crippen molar-refractivity contribution in [3.8, 4) is 5.69 Å². The summed E-state index contributed by atoms with van der Waals surface area (Å²) in [6, 6.07) is 5.30. The zero-order valence-corrected chi connectivity index (χ0v) is 18.9. The van der Waals surface area contributed by atoms with Crippen molar-refractivity contribution in [2.45, 2.75) is 36.9 Å². The predicted molar refractivity (Wildman–Crippen MR) is 121 cm³/mol. The van der Waals surface area contributed by atoms with Crippen LogP contribution >= 0.6 is 0 Å². The standard InChI is InChI=1S/C16H14N4O3S.C6H11F2N/c21-10-11-5-12-3-4-20(16(12)18-7-11)14-6-13(8-17-9-14)19-24(22,23)15-1-2-15;1-9-4-2-6(7,8)3-5-9/h3-10,15,19H,1-2H2;2-5H2,1H3. The average Bonchev–Trinajstić information content (AvgIpc) is 3.57. The largest absolute Gasteiger partial charge is 0.306 e.